The van der Waals surface area contributed by atoms with Gasteiger partial charge in [0.25, 0.3) is 0 Å². The van der Waals surface area contributed by atoms with Crippen LogP contribution in [-0.4, -0.2) is 44.4 Å². The van der Waals surface area contributed by atoms with Crippen LogP contribution in [0.3, 0.4) is 0 Å². The summed E-state index contributed by atoms with van der Waals surface area (Å²) in [4.78, 5) is 1.99. The van der Waals surface area contributed by atoms with Gasteiger partial charge in [-0.05, 0) is 29.9 Å². The van der Waals surface area contributed by atoms with Crippen LogP contribution in [0.25, 0.3) is 0 Å². The fourth-order valence-corrected chi connectivity index (χ4v) is 1.64. The van der Waals surface area contributed by atoms with Gasteiger partial charge in [-0.2, -0.15) is 0 Å². The molecule has 1 aromatic rings. The maximum atomic E-state index is 5.27. The second kappa shape index (κ2) is 7.89. The lowest BCUT2D eigenvalue weighted by molar-refractivity contribution is 0.203. The third-order valence-electron chi connectivity index (χ3n) is 2.51. The molecule has 0 spiro atoms. The van der Waals surface area contributed by atoms with Crippen LogP contribution in [0, 0.1) is 0 Å². The molecule has 0 atom stereocenters. The Hall–Kier alpha value is -1.33. The Labute approximate surface area is 114 Å². The summed E-state index contributed by atoms with van der Waals surface area (Å²) in [6, 6.07) is 7.97. The number of nitrogens with zero attached hydrogens (tertiary/aromatic N) is 1. The fraction of sp³-hybridized carbons (Fsp3) is 0.462. The van der Waals surface area contributed by atoms with E-state index in [9.17, 15) is 0 Å². The van der Waals surface area contributed by atoms with Gasteiger partial charge >= 0.3 is 0 Å². The van der Waals surface area contributed by atoms with Gasteiger partial charge in [0, 0.05) is 27.2 Å². The van der Waals surface area contributed by atoms with Crippen LogP contribution < -0.4 is 10.1 Å². The number of nitrogens with one attached hydrogen (secondary N) is 1. The topological polar surface area (TPSA) is 33.7 Å². The normalized spacial score (nSPS) is 9.94. The average molecular weight is 268 g/mol. The van der Waals surface area contributed by atoms with Gasteiger partial charge in [-0.25, -0.2) is 0 Å². The van der Waals surface area contributed by atoms with Crippen molar-refractivity contribution in [1.29, 1.82) is 0 Å². The molecule has 0 aliphatic carbocycles. The van der Waals surface area contributed by atoms with E-state index in [1.54, 1.807) is 14.2 Å². The molecule has 4 nitrogen and oxygen atoms in total. The molecule has 0 saturated carbocycles. The largest absolute Gasteiger partial charge is 0.497 e. The number of rotatable bonds is 6. The number of hydrogen-bond donors (Lipinski definition) is 1. The molecule has 0 radical (unpaired) electrons. The lowest BCUT2D eigenvalue weighted by Crippen LogP contribution is -2.38. The molecule has 0 saturated heterocycles. The minimum atomic E-state index is 0.649. The van der Waals surface area contributed by atoms with Gasteiger partial charge in [0.2, 0.25) is 0 Å². The molecular formula is C13H20N2O2S. The van der Waals surface area contributed by atoms with E-state index >= 15 is 0 Å². The Bertz CT molecular complexity index is 368. The Morgan fingerprint density at radius 1 is 1.28 bits per heavy atom. The van der Waals surface area contributed by atoms with E-state index in [0.29, 0.717) is 6.61 Å². The maximum Gasteiger partial charge on any atom is 0.169 e. The summed E-state index contributed by atoms with van der Waals surface area (Å²) in [6.45, 7) is 2.14. The van der Waals surface area contributed by atoms with Gasteiger partial charge in [-0.15, -0.1) is 0 Å². The number of thiocarbonyl (C=S) groups is 1. The van der Waals surface area contributed by atoms with Gasteiger partial charge in [0.1, 0.15) is 5.75 Å². The van der Waals surface area contributed by atoms with Crippen LogP contribution in [0.2, 0.25) is 0 Å². The minimum absolute atomic E-state index is 0.649. The Morgan fingerprint density at radius 2 is 1.94 bits per heavy atom. The van der Waals surface area contributed by atoms with Crippen molar-refractivity contribution in [3.63, 3.8) is 0 Å². The molecule has 1 aromatic carbocycles. The Balaban J connectivity index is 2.42. The van der Waals surface area contributed by atoms with Gasteiger partial charge in [-0.1, -0.05) is 12.1 Å². The van der Waals surface area contributed by atoms with E-state index < -0.39 is 0 Å². The molecule has 1 rings (SSSR count). The molecule has 0 bridgehead atoms. The third-order valence-corrected chi connectivity index (χ3v) is 2.96. The average Bonchev–Trinajstić information content (AvgIpc) is 2.39. The predicted octanol–water partition coefficient (Wildman–Crippen LogP) is 1.65. The SMILES string of the molecule is COCCNC(=S)N(C)Cc1ccc(OC)cc1. The highest BCUT2D eigenvalue weighted by atomic mass is 32.1. The molecule has 5 heteroatoms. The van der Waals surface area contributed by atoms with Crippen molar-refractivity contribution >= 4 is 17.3 Å². The van der Waals surface area contributed by atoms with Crippen molar-refractivity contribution in [2.75, 3.05) is 34.4 Å². The van der Waals surface area contributed by atoms with E-state index in [1.165, 1.54) is 5.56 Å². The molecule has 100 valence electrons. The first-order chi connectivity index (χ1) is 8.67. The summed E-state index contributed by atoms with van der Waals surface area (Å²) < 4.78 is 10.1. The second-order valence-corrected chi connectivity index (χ2v) is 4.32. The molecule has 0 unspecified atom stereocenters. The van der Waals surface area contributed by atoms with Crippen LogP contribution in [0.4, 0.5) is 0 Å². The molecule has 0 fully saturated rings. The Morgan fingerprint density at radius 3 is 2.50 bits per heavy atom. The quantitative estimate of drug-likeness (QED) is 0.627. The molecule has 0 aromatic heterocycles. The molecule has 0 heterocycles. The van der Waals surface area contributed by atoms with Crippen molar-refractivity contribution in [3.8, 4) is 5.75 Å². The summed E-state index contributed by atoms with van der Waals surface area (Å²) in [5, 5.41) is 3.86. The highest BCUT2D eigenvalue weighted by Gasteiger charge is 2.04. The lowest BCUT2D eigenvalue weighted by Gasteiger charge is -2.21. The summed E-state index contributed by atoms with van der Waals surface area (Å²) in [6.07, 6.45) is 0. The van der Waals surface area contributed by atoms with Crippen LogP contribution in [0.5, 0.6) is 5.75 Å². The summed E-state index contributed by atoms with van der Waals surface area (Å²) >= 11 is 5.27. The molecule has 18 heavy (non-hydrogen) atoms. The van der Waals surface area contributed by atoms with Crippen molar-refractivity contribution < 1.29 is 9.47 Å². The highest BCUT2D eigenvalue weighted by Crippen LogP contribution is 2.12. The second-order valence-electron chi connectivity index (χ2n) is 3.93. The van der Waals surface area contributed by atoms with Gasteiger partial charge < -0.3 is 19.7 Å². The molecule has 1 N–H and O–H groups in total. The maximum absolute atomic E-state index is 5.27. The van der Waals surface area contributed by atoms with E-state index in [2.05, 4.69) is 5.32 Å². The van der Waals surface area contributed by atoms with Crippen LogP contribution in [0.15, 0.2) is 24.3 Å². The first kappa shape index (κ1) is 14.7. The van der Waals surface area contributed by atoms with Gasteiger partial charge in [0.05, 0.1) is 13.7 Å². The van der Waals surface area contributed by atoms with Crippen LogP contribution >= 0.6 is 12.2 Å². The van der Waals surface area contributed by atoms with Crippen LogP contribution in [-0.2, 0) is 11.3 Å². The van der Waals surface area contributed by atoms with E-state index in [4.69, 9.17) is 21.7 Å². The van der Waals surface area contributed by atoms with Crippen LogP contribution in [0.1, 0.15) is 5.56 Å². The zero-order valence-corrected chi connectivity index (χ0v) is 11.9. The lowest BCUT2D eigenvalue weighted by atomic mass is 10.2. The van der Waals surface area contributed by atoms with E-state index in [0.717, 1.165) is 24.0 Å². The molecule has 0 aliphatic heterocycles. The van der Waals surface area contributed by atoms with Crippen molar-refractivity contribution in [2.45, 2.75) is 6.54 Å². The van der Waals surface area contributed by atoms with Gasteiger partial charge in [0.15, 0.2) is 5.11 Å². The summed E-state index contributed by atoms with van der Waals surface area (Å²) in [5.41, 5.74) is 1.19. The first-order valence-electron chi connectivity index (χ1n) is 5.78. The molecule has 0 aliphatic rings. The van der Waals surface area contributed by atoms with Crippen molar-refractivity contribution in [1.82, 2.24) is 10.2 Å². The monoisotopic (exact) mass is 268 g/mol. The third kappa shape index (κ3) is 4.89. The summed E-state index contributed by atoms with van der Waals surface area (Å²) in [7, 11) is 5.30. The fourth-order valence-electron chi connectivity index (χ4n) is 1.47. The predicted molar refractivity (Wildman–Crippen MR) is 76.9 cm³/mol. The van der Waals surface area contributed by atoms with Crippen molar-refractivity contribution in [2.24, 2.45) is 0 Å². The standard InChI is InChI=1S/C13H20N2O2S/c1-15(13(18)14-8-9-16-2)10-11-4-6-12(17-3)7-5-11/h4-7H,8-10H2,1-3H3,(H,14,18). The zero-order chi connectivity index (χ0) is 13.4. The first-order valence-corrected chi connectivity index (χ1v) is 6.19. The number of hydrogen-bond acceptors (Lipinski definition) is 3. The minimum Gasteiger partial charge on any atom is -0.497 e. The Kier molecular flexibility index (Phi) is 6.46. The number of methoxy groups -OCH3 is 2. The molecular weight excluding hydrogens is 248 g/mol. The number of ether oxygens (including phenoxy) is 2. The summed E-state index contributed by atoms with van der Waals surface area (Å²) in [5.74, 6) is 0.863. The molecule has 0 amide bonds. The van der Waals surface area contributed by atoms with E-state index in [1.807, 2.05) is 36.2 Å². The zero-order valence-electron chi connectivity index (χ0n) is 11.1. The van der Waals surface area contributed by atoms with E-state index in [-0.39, 0.29) is 0 Å². The van der Waals surface area contributed by atoms with Crippen molar-refractivity contribution in [3.05, 3.63) is 29.8 Å². The number of benzene rings is 1. The highest BCUT2D eigenvalue weighted by molar-refractivity contribution is 7.80. The smallest absolute Gasteiger partial charge is 0.169 e. The van der Waals surface area contributed by atoms with Gasteiger partial charge in [-0.3, -0.25) is 0 Å².